The molecule has 1 aromatic heterocycles. The second kappa shape index (κ2) is 6.22. The minimum absolute atomic E-state index is 0.115. The summed E-state index contributed by atoms with van der Waals surface area (Å²) in [6, 6.07) is 5.01. The molecule has 2 aromatic rings. The van der Waals surface area contributed by atoms with Crippen LogP contribution in [0.5, 0.6) is 0 Å². The van der Waals surface area contributed by atoms with Crippen LogP contribution in [-0.2, 0) is 4.74 Å². The van der Waals surface area contributed by atoms with Crippen molar-refractivity contribution in [3.63, 3.8) is 0 Å². The highest BCUT2D eigenvalue weighted by Gasteiger charge is 2.17. The summed E-state index contributed by atoms with van der Waals surface area (Å²) in [5, 5.41) is 3.79. The highest BCUT2D eigenvalue weighted by atomic mass is 32.1. The summed E-state index contributed by atoms with van der Waals surface area (Å²) in [6.45, 7) is 5.45. The Bertz CT molecular complexity index is 670. The molecule has 0 radical (unpaired) electrons. The number of esters is 1. The van der Waals surface area contributed by atoms with E-state index < -0.39 is 5.97 Å². The van der Waals surface area contributed by atoms with E-state index in [4.69, 9.17) is 0 Å². The number of anilines is 1. The van der Waals surface area contributed by atoms with Gasteiger partial charge in [-0.3, -0.25) is 0 Å². The zero-order chi connectivity index (χ0) is 15.6. The van der Waals surface area contributed by atoms with Crippen LogP contribution in [0.4, 0.5) is 9.52 Å². The number of benzene rings is 1. The van der Waals surface area contributed by atoms with E-state index in [9.17, 15) is 9.18 Å². The molecule has 1 aromatic carbocycles. The number of hydrogen-bond acceptors (Lipinski definition) is 5. The van der Waals surface area contributed by atoms with Gasteiger partial charge in [0.15, 0.2) is 10.8 Å². The van der Waals surface area contributed by atoms with E-state index in [1.165, 1.54) is 24.5 Å². The summed E-state index contributed by atoms with van der Waals surface area (Å²) >= 11 is 1.37. The van der Waals surface area contributed by atoms with Crippen molar-refractivity contribution in [1.82, 2.24) is 4.98 Å². The highest BCUT2D eigenvalue weighted by Crippen LogP contribution is 2.27. The molecule has 0 amide bonds. The molecule has 1 atom stereocenters. The number of carbonyl (C=O) groups excluding carboxylic acids is 1. The topological polar surface area (TPSA) is 51.2 Å². The quantitative estimate of drug-likeness (QED) is 0.871. The second-order valence-electron chi connectivity index (χ2n) is 4.79. The van der Waals surface area contributed by atoms with Gasteiger partial charge in [-0.1, -0.05) is 12.1 Å². The van der Waals surface area contributed by atoms with Crippen molar-refractivity contribution >= 4 is 22.4 Å². The van der Waals surface area contributed by atoms with Crippen molar-refractivity contribution in [3.05, 3.63) is 45.7 Å². The number of ether oxygens (including phenoxy) is 1. The van der Waals surface area contributed by atoms with Gasteiger partial charge in [-0.15, -0.1) is 11.3 Å². The summed E-state index contributed by atoms with van der Waals surface area (Å²) in [5.41, 5.74) is 1.75. The molecule has 6 heteroatoms. The summed E-state index contributed by atoms with van der Waals surface area (Å²) in [7, 11) is 1.33. The predicted octanol–water partition coefficient (Wildman–Crippen LogP) is 3.86. The van der Waals surface area contributed by atoms with E-state index in [0.29, 0.717) is 16.4 Å². The van der Waals surface area contributed by atoms with Crippen LogP contribution in [0.15, 0.2) is 18.2 Å². The Labute approximate surface area is 127 Å². The molecular formula is C15H17FN2O2S. The van der Waals surface area contributed by atoms with Crippen molar-refractivity contribution in [2.75, 3.05) is 12.4 Å². The first-order chi connectivity index (χ1) is 9.92. The van der Waals surface area contributed by atoms with Gasteiger partial charge >= 0.3 is 5.97 Å². The minimum atomic E-state index is -0.453. The fourth-order valence-electron chi connectivity index (χ4n) is 1.89. The Morgan fingerprint density at radius 3 is 2.76 bits per heavy atom. The van der Waals surface area contributed by atoms with Crippen LogP contribution in [0.1, 0.15) is 39.5 Å². The first kappa shape index (κ1) is 15.4. The lowest BCUT2D eigenvalue weighted by molar-refractivity contribution is 0.0594. The Hall–Kier alpha value is -1.95. The van der Waals surface area contributed by atoms with E-state index in [-0.39, 0.29) is 11.9 Å². The molecule has 2 rings (SSSR count). The first-order valence-corrected chi connectivity index (χ1v) is 7.32. The largest absolute Gasteiger partial charge is 0.464 e. The minimum Gasteiger partial charge on any atom is -0.464 e. The van der Waals surface area contributed by atoms with Gasteiger partial charge in [0.25, 0.3) is 0 Å². The normalized spacial score (nSPS) is 12.0. The van der Waals surface area contributed by atoms with E-state index in [1.54, 1.807) is 13.0 Å². The van der Waals surface area contributed by atoms with Crippen LogP contribution in [0.3, 0.4) is 0 Å². The number of carbonyl (C=O) groups is 1. The molecule has 0 spiro atoms. The lowest BCUT2D eigenvalue weighted by atomic mass is 10.1. The third-order valence-corrected chi connectivity index (χ3v) is 4.11. The van der Waals surface area contributed by atoms with Crippen molar-refractivity contribution in [2.45, 2.75) is 26.8 Å². The lowest BCUT2D eigenvalue weighted by Crippen LogP contribution is -2.08. The number of hydrogen-bond donors (Lipinski definition) is 1. The molecule has 1 N–H and O–H groups in total. The molecule has 21 heavy (non-hydrogen) atoms. The van der Waals surface area contributed by atoms with Gasteiger partial charge in [0.2, 0.25) is 0 Å². The average molecular weight is 308 g/mol. The van der Waals surface area contributed by atoms with Gasteiger partial charge in [0.05, 0.1) is 13.2 Å². The van der Waals surface area contributed by atoms with Crippen molar-refractivity contribution in [2.24, 2.45) is 0 Å². The van der Waals surface area contributed by atoms with Crippen LogP contribution in [0, 0.1) is 19.7 Å². The molecule has 0 bridgehead atoms. The molecule has 0 fully saturated rings. The SMILES string of the molecule is COC(=O)c1nc(NC(C)c2ccc(C)c(F)c2)sc1C. The lowest BCUT2D eigenvalue weighted by Gasteiger charge is -2.13. The number of aromatic nitrogens is 1. The smallest absolute Gasteiger partial charge is 0.357 e. The Morgan fingerprint density at radius 1 is 1.43 bits per heavy atom. The molecule has 4 nitrogen and oxygen atoms in total. The third-order valence-electron chi connectivity index (χ3n) is 3.21. The van der Waals surface area contributed by atoms with Gasteiger partial charge in [0.1, 0.15) is 5.82 Å². The summed E-state index contributed by atoms with van der Waals surface area (Å²) in [4.78, 5) is 16.5. The third kappa shape index (κ3) is 3.39. The fourth-order valence-corrected chi connectivity index (χ4v) is 2.78. The monoisotopic (exact) mass is 308 g/mol. The summed E-state index contributed by atoms with van der Waals surface area (Å²) in [5.74, 6) is -0.683. The maximum Gasteiger partial charge on any atom is 0.357 e. The number of thiazole rings is 1. The average Bonchev–Trinajstić information content (AvgIpc) is 2.81. The zero-order valence-corrected chi connectivity index (χ0v) is 13.2. The second-order valence-corrected chi connectivity index (χ2v) is 5.99. The number of halogens is 1. The molecule has 112 valence electrons. The fraction of sp³-hybridized carbons (Fsp3) is 0.333. The van der Waals surface area contributed by atoms with Crippen LogP contribution < -0.4 is 5.32 Å². The predicted molar refractivity (Wildman–Crippen MR) is 81.4 cm³/mol. The van der Waals surface area contributed by atoms with Crippen LogP contribution >= 0.6 is 11.3 Å². The molecular weight excluding hydrogens is 291 g/mol. The van der Waals surface area contributed by atoms with Crippen LogP contribution in [-0.4, -0.2) is 18.1 Å². The van der Waals surface area contributed by atoms with Gasteiger partial charge in [-0.2, -0.15) is 0 Å². The molecule has 1 unspecified atom stereocenters. The summed E-state index contributed by atoms with van der Waals surface area (Å²) < 4.78 is 18.3. The number of nitrogens with zero attached hydrogens (tertiary/aromatic N) is 1. The van der Waals surface area contributed by atoms with E-state index in [1.807, 2.05) is 19.9 Å². The summed E-state index contributed by atoms with van der Waals surface area (Å²) in [6.07, 6.45) is 0. The van der Waals surface area contributed by atoms with Gasteiger partial charge in [0, 0.05) is 4.88 Å². The maximum atomic E-state index is 13.6. The number of methoxy groups -OCH3 is 1. The Morgan fingerprint density at radius 2 is 2.14 bits per heavy atom. The van der Waals surface area contributed by atoms with Crippen molar-refractivity contribution in [3.8, 4) is 0 Å². The van der Waals surface area contributed by atoms with Crippen molar-refractivity contribution in [1.29, 1.82) is 0 Å². The Kier molecular flexibility index (Phi) is 4.57. The maximum absolute atomic E-state index is 13.6. The van der Waals surface area contributed by atoms with E-state index in [0.717, 1.165) is 10.4 Å². The standard InChI is InChI=1S/C15H17FN2O2S/c1-8-5-6-11(7-12(8)16)9(2)17-15-18-13(10(3)21-15)14(19)20-4/h5-7,9H,1-4H3,(H,17,18). The molecule has 0 aliphatic carbocycles. The molecule has 0 aliphatic rings. The van der Waals surface area contributed by atoms with Gasteiger partial charge in [-0.25, -0.2) is 14.2 Å². The van der Waals surface area contributed by atoms with Crippen LogP contribution in [0.2, 0.25) is 0 Å². The molecule has 0 aliphatic heterocycles. The van der Waals surface area contributed by atoms with Crippen molar-refractivity contribution < 1.29 is 13.9 Å². The van der Waals surface area contributed by atoms with Gasteiger partial charge in [-0.05, 0) is 38.0 Å². The Balaban J connectivity index is 2.17. The van der Waals surface area contributed by atoms with Gasteiger partial charge < -0.3 is 10.1 Å². The van der Waals surface area contributed by atoms with E-state index >= 15 is 0 Å². The zero-order valence-electron chi connectivity index (χ0n) is 12.4. The highest BCUT2D eigenvalue weighted by molar-refractivity contribution is 7.15. The molecule has 1 heterocycles. The molecule has 0 saturated carbocycles. The van der Waals surface area contributed by atoms with E-state index in [2.05, 4.69) is 15.0 Å². The molecule has 0 saturated heterocycles. The number of rotatable bonds is 4. The van der Waals surface area contributed by atoms with Crippen LogP contribution in [0.25, 0.3) is 0 Å². The number of aryl methyl sites for hydroxylation is 2. The number of nitrogens with one attached hydrogen (secondary N) is 1. The first-order valence-electron chi connectivity index (χ1n) is 6.50.